The number of carbonyl (C=O) groups is 2. The number of carboxylic acid groups (broad SMARTS) is 1. The van der Waals surface area contributed by atoms with Crippen LogP contribution in [0.3, 0.4) is 0 Å². The number of carbonyl (C=O) groups excluding carboxylic acids is 1. The van der Waals surface area contributed by atoms with Gasteiger partial charge in [0.2, 0.25) is 0 Å². The predicted octanol–water partition coefficient (Wildman–Crippen LogP) is 2.75. The molecule has 0 unspecified atom stereocenters. The number of hydrogen-bond donors (Lipinski definition) is 2. The molecule has 1 aromatic carbocycles. The van der Waals surface area contributed by atoms with Gasteiger partial charge in [-0.1, -0.05) is 12.1 Å². The quantitative estimate of drug-likeness (QED) is 0.897. The zero-order valence-corrected chi connectivity index (χ0v) is 12.1. The van der Waals surface area contributed by atoms with Crippen LogP contribution < -0.4 is 5.32 Å². The highest BCUT2D eigenvalue weighted by molar-refractivity contribution is 5.94. The van der Waals surface area contributed by atoms with Crippen molar-refractivity contribution < 1.29 is 19.1 Å². The minimum atomic E-state index is -0.737. The summed E-state index contributed by atoms with van der Waals surface area (Å²) in [6.07, 6.45) is 2.87. The van der Waals surface area contributed by atoms with Gasteiger partial charge in [-0.15, -0.1) is 0 Å². The Morgan fingerprint density at radius 3 is 2.57 bits per heavy atom. The van der Waals surface area contributed by atoms with Crippen LogP contribution in [0.15, 0.2) is 18.2 Å². The fourth-order valence-corrected chi connectivity index (χ4v) is 2.77. The normalized spacial score (nSPS) is 21.8. The Labute approximate surface area is 123 Å². The lowest BCUT2D eigenvalue weighted by molar-refractivity contribution is -0.143. The first-order valence-corrected chi connectivity index (χ1v) is 7.25. The van der Waals surface area contributed by atoms with Crippen molar-refractivity contribution >= 4 is 11.9 Å². The SMILES string of the molecule is Cc1cccc(C(=O)NCC2CCC(C(=O)O)CC2)c1F. The Morgan fingerprint density at radius 1 is 1.29 bits per heavy atom. The summed E-state index contributed by atoms with van der Waals surface area (Å²) in [6.45, 7) is 2.10. The molecule has 1 aliphatic carbocycles. The average Bonchev–Trinajstić information content (AvgIpc) is 2.48. The van der Waals surface area contributed by atoms with Crippen LogP contribution in [0.25, 0.3) is 0 Å². The number of halogens is 1. The number of hydrogen-bond acceptors (Lipinski definition) is 2. The van der Waals surface area contributed by atoms with Gasteiger partial charge in [0.25, 0.3) is 5.91 Å². The third kappa shape index (κ3) is 3.80. The maximum Gasteiger partial charge on any atom is 0.306 e. The van der Waals surface area contributed by atoms with Crippen molar-refractivity contribution in [2.75, 3.05) is 6.54 Å². The summed E-state index contributed by atoms with van der Waals surface area (Å²) in [7, 11) is 0. The Kier molecular flexibility index (Phi) is 4.94. The molecule has 0 heterocycles. The maximum absolute atomic E-state index is 13.8. The smallest absolute Gasteiger partial charge is 0.306 e. The third-order valence-corrected chi connectivity index (χ3v) is 4.18. The topological polar surface area (TPSA) is 66.4 Å². The van der Waals surface area contributed by atoms with E-state index in [1.807, 2.05) is 0 Å². The molecular weight excluding hydrogens is 273 g/mol. The van der Waals surface area contributed by atoms with E-state index in [0.717, 1.165) is 12.8 Å². The summed E-state index contributed by atoms with van der Waals surface area (Å²) >= 11 is 0. The number of benzene rings is 1. The molecule has 1 amide bonds. The number of aliphatic carboxylic acids is 1. The van der Waals surface area contributed by atoms with E-state index in [0.29, 0.717) is 24.9 Å². The molecule has 0 radical (unpaired) electrons. The lowest BCUT2D eigenvalue weighted by atomic mass is 9.82. The first-order chi connectivity index (χ1) is 9.99. The van der Waals surface area contributed by atoms with E-state index in [2.05, 4.69) is 5.32 Å². The molecule has 5 heteroatoms. The minimum absolute atomic E-state index is 0.0641. The van der Waals surface area contributed by atoms with E-state index in [-0.39, 0.29) is 17.4 Å². The lowest BCUT2D eigenvalue weighted by Gasteiger charge is -2.26. The molecule has 1 aliphatic rings. The van der Waals surface area contributed by atoms with E-state index >= 15 is 0 Å². The highest BCUT2D eigenvalue weighted by Gasteiger charge is 2.26. The van der Waals surface area contributed by atoms with Gasteiger partial charge in [0.15, 0.2) is 0 Å². The molecule has 1 fully saturated rings. The number of nitrogens with one attached hydrogen (secondary N) is 1. The van der Waals surface area contributed by atoms with Crippen LogP contribution >= 0.6 is 0 Å². The van der Waals surface area contributed by atoms with Crippen molar-refractivity contribution in [3.8, 4) is 0 Å². The number of rotatable bonds is 4. The summed E-state index contributed by atoms with van der Waals surface area (Å²) in [4.78, 5) is 22.9. The number of carboxylic acids is 1. The van der Waals surface area contributed by atoms with E-state index in [9.17, 15) is 14.0 Å². The van der Waals surface area contributed by atoms with E-state index < -0.39 is 17.7 Å². The molecule has 1 aromatic rings. The second kappa shape index (κ2) is 6.70. The predicted molar refractivity (Wildman–Crippen MR) is 76.6 cm³/mol. The molecule has 0 aliphatic heterocycles. The van der Waals surface area contributed by atoms with Gasteiger partial charge in [-0.25, -0.2) is 4.39 Å². The van der Waals surface area contributed by atoms with Gasteiger partial charge in [-0.05, 0) is 50.2 Å². The largest absolute Gasteiger partial charge is 0.481 e. The van der Waals surface area contributed by atoms with Crippen LogP contribution in [0, 0.1) is 24.6 Å². The molecule has 0 atom stereocenters. The Hall–Kier alpha value is -1.91. The summed E-state index contributed by atoms with van der Waals surface area (Å²) < 4.78 is 13.8. The zero-order chi connectivity index (χ0) is 15.4. The van der Waals surface area contributed by atoms with Crippen LogP contribution in [0.2, 0.25) is 0 Å². The molecular formula is C16H20FNO3. The minimum Gasteiger partial charge on any atom is -0.481 e. The van der Waals surface area contributed by atoms with Gasteiger partial charge >= 0.3 is 5.97 Å². The molecule has 0 bridgehead atoms. The molecule has 2 N–H and O–H groups in total. The van der Waals surface area contributed by atoms with Crippen molar-refractivity contribution in [2.45, 2.75) is 32.6 Å². The Balaban J connectivity index is 1.85. The zero-order valence-electron chi connectivity index (χ0n) is 12.1. The van der Waals surface area contributed by atoms with Gasteiger partial charge in [0, 0.05) is 6.54 Å². The van der Waals surface area contributed by atoms with Gasteiger partial charge in [0.05, 0.1) is 11.5 Å². The maximum atomic E-state index is 13.8. The monoisotopic (exact) mass is 293 g/mol. The Bertz CT molecular complexity index is 536. The second-order valence-electron chi connectivity index (χ2n) is 5.70. The van der Waals surface area contributed by atoms with E-state index in [1.54, 1.807) is 19.1 Å². The summed E-state index contributed by atoms with van der Waals surface area (Å²) in [6, 6.07) is 4.75. The van der Waals surface area contributed by atoms with Gasteiger partial charge in [-0.2, -0.15) is 0 Å². The van der Waals surface area contributed by atoms with Crippen molar-refractivity contribution in [1.29, 1.82) is 0 Å². The first-order valence-electron chi connectivity index (χ1n) is 7.25. The van der Waals surface area contributed by atoms with E-state index in [1.165, 1.54) is 6.07 Å². The molecule has 0 aromatic heterocycles. The van der Waals surface area contributed by atoms with Crippen molar-refractivity contribution in [3.63, 3.8) is 0 Å². The van der Waals surface area contributed by atoms with Crippen LogP contribution in [0.5, 0.6) is 0 Å². The van der Waals surface area contributed by atoms with E-state index in [4.69, 9.17) is 5.11 Å². The fourth-order valence-electron chi connectivity index (χ4n) is 2.77. The number of aryl methyl sites for hydroxylation is 1. The molecule has 0 saturated heterocycles. The molecule has 114 valence electrons. The van der Waals surface area contributed by atoms with Crippen molar-refractivity contribution in [2.24, 2.45) is 11.8 Å². The highest BCUT2D eigenvalue weighted by atomic mass is 19.1. The molecule has 4 nitrogen and oxygen atoms in total. The highest BCUT2D eigenvalue weighted by Crippen LogP contribution is 2.28. The van der Waals surface area contributed by atoms with Crippen LogP contribution in [-0.2, 0) is 4.79 Å². The van der Waals surface area contributed by atoms with Gasteiger partial charge in [-0.3, -0.25) is 9.59 Å². The third-order valence-electron chi connectivity index (χ3n) is 4.18. The van der Waals surface area contributed by atoms with Crippen LogP contribution in [-0.4, -0.2) is 23.5 Å². The van der Waals surface area contributed by atoms with Crippen molar-refractivity contribution in [3.05, 3.63) is 35.1 Å². The van der Waals surface area contributed by atoms with Crippen LogP contribution in [0.1, 0.15) is 41.6 Å². The standard InChI is InChI=1S/C16H20FNO3/c1-10-3-2-4-13(14(10)17)15(19)18-9-11-5-7-12(8-6-11)16(20)21/h2-4,11-12H,5-9H2,1H3,(H,18,19)(H,20,21). The molecule has 1 saturated carbocycles. The van der Waals surface area contributed by atoms with Crippen molar-refractivity contribution in [1.82, 2.24) is 5.32 Å². The fraction of sp³-hybridized carbons (Fsp3) is 0.500. The summed E-state index contributed by atoms with van der Waals surface area (Å²) in [5, 5.41) is 11.7. The average molecular weight is 293 g/mol. The van der Waals surface area contributed by atoms with Gasteiger partial charge < -0.3 is 10.4 Å². The second-order valence-corrected chi connectivity index (χ2v) is 5.70. The summed E-state index contributed by atoms with van der Waals surface area (Å²) in [5.41, 5.74) is 0.513. The van der Waals surface area contributed by atoms with Gasteiger partial charge in [0.1, 0.15) is 5.82 Å². The molecule has 2 rings (SSSR count). The lowest BCUT2D eigenvalue weighted by Crippen LogP contribution is -2.32. The first kappa shape index (κ1) is 15.5. The molecule has 0 spiro atoms. The Morgan fingerprint density at radius 2 is 1.95 bits per heavy atom. The van der Waals surface area contributed by atoms with Crippen LogP contribution in [0.4, 0.5) is 4.39 Å². The number of amides is 1. The summed E-state index contributed by atoms with van der Waals surface area (Å²) in [5.74, 6) is -1.61. The molecule has 21 heavy (non-hydrogen) atoms.